The number of nitrogens with one attached hydrogen (secondary N) is 1. The van der Waals surface area contributed by atoms with E-state index in [2.05, 4.69) is 26.6 Å². The van der Waals surface area contributed by atoms with Crippen molar-refractivity contribution in [2.75, 3.05) is 22.5 Å². The zero-order chi connectivity index (χ0) is 23.2. The van der Waals surface area contributed by atoms with E-state index in [1.807, 2.05) is 48.2 Å². The van der Waals surface area contributed by atoms with Gasteiger partial charge in [0, 0.05) is 48.0 Å². The predicted octanol–water partition coefficient (Wildman–Crippen LogP) is 4.37. The minimum absolute atomic E-state index is 0.193. The number of hydrogen-bond donors (Lipinski definition) is 2. The fraction of sp³-hybridized carbons (Fsp3) is 0.261. The lowest BCUT2D eigenvalue weighted by Crippen LogP contribution is -2.35. The molecule has 3 heterocycles. The Morgan fingerprint density at radius 1 is 1.06 bits per heavy atom. The van der Waals surface area contributed by atoms with Crippen molar-refractivity contribution in [3.63, 3.8) is 0 Å². The van der Waals surface area contributed by atoms with Crippen molar-refractivity contribution in [2.45, 2.75) is 32.7 Å². The van der Waals surface area contributed by atoms with Crippen LogP contribution in [0, 0.1) is 6.92 Å². The quantitative estimate of drug-likeness (QED) is 0.478. The summed E-state index contributed by atoms with van der Waals surface area (Å²) in [6.07, 6.45) is -2.80. The standard InChI is InChI=1S/C23H22F3N7/c1-14-11-16(32-9-10-33-20(13-32)30-31-22(33)23(24,25)26)6-5-15(14)12-29-19-4-2-3-18-17(19)7-8-28-21(18)27/h2-8,11,29H,9-10,12-13H2,1H3,(H2,27,28). The molecule has 0 saturated heterocycles. The number of benzene rings is 2. The summed E-state index contributed by atoms with van der Waals surface area (Å²) in [4.78, 5) is 6.16. The summed E-state index contributed by atoms with van der Waals surface area (Å²) in [5.74, 6) is -0.112. The molecule has 0 unspecified atom stereocenters. The van der Waals surface area contributed by atoms with Crippen LogP contribution >= 0.6 is 0 Å². The average Bonchev–Trinajstić information content (AvgIpc) is 3.22. The highest BCUT2D eigenvalue weighted by atomic mass is 19.4. The van der Waals surface area contributed by atoms with Gasteiger partial charge >= 0.3 is 6.18 Å². The number of hydrogen-bond acceptors (Lipinski definition) is 6. The molecular formula is C23H22F3N7. The second-order valence-corrected chi connectivity index (χ2v) is 8.07. The Bertz CT molecular complexity index is 1330. The highest BCUT2D eigenvalue weighted by Gasteiger charge is 2.39. The number of nitrogen functional groups attached to an aromatic ring is 1. The fourth-order valence-electron chi connectivity index (χ4n) is 4.24. The number of aryl methyl sites for hydroxylation is 1. The number of anilines is 3. The van der Waals surface area contributed by atoms with Gasteiger partial charge in [-0.3, -0.25) is 0 Å². The molecule has 0 atom stereocenters. The van der Waals surface area contributed by atoms with Crippen LogP contribution in [-0.4, -0.2) is 26.3 Å². The number of fused-ring (bicyclic) bond motifs is 2. The van der Waals surface area contributed by atoms with E-state index in [0.717, 1.165) is 37.8 Å². The van der Waals surface area contributed by atoms with Gasteiger partial charge in [-0.05, 0) is 42.3 Å². The van der Waals surface area contributed by atoms with Gasteiger partial charge in [-0.2, -0.15) is 13.2 Å². The molecule has 1 aliphatic heterocycles. The van der Waals surface area contributed by atoms with Gasteiger partial charge in [0.2, 0.25) is 5.82 Å². The van der Waals surface area contributed by atoms with E-state index in [4.69, 9.17) is 5.73 Å². The van der Waals surface area contributed by atoms with Crippen LogP contribution in [0.2, 0.25) is 0 Å². The molecule has 0 amide bonds. The summed E-state index contributed by atoms with van der Waals surface area (Å²) >= 11 is 0. The minimum Gasteiger partial charge on any atom is -0.383 e. The number of alkyl halides is 3. The maximum atomic E-state index is 13.1. The average molecular weight is 453 g/mol. The zero-order valence-corrected chi connectivity index (χ0v) is 17.9. The summed E-state index contributed by atoms with van der Waals surface area (Å²) in [7, 11) is 0. The lowest BCUT2D eigenvalue weighted by Gasteiger charge is -2.30. The number of nitrogens with zero attached hydrogens (tertiary/aromatic N) is 5. The van der Waals surface area contributed by atoms with Crippen molar-refractivity contribution in [1.29, 1.82) is 0 Å². The Kier molecular flexibility index (Phi) is 5.07. The molecule has 2 aromatic heterocycles. The van der Waals surface area contributed by atoms with Crippen LogP contribution in [-0.2, 0) is 25.8 Å². The van der Waals surface area contributed by atoms with Gasteiger partial charge < -0.3 is 20.5 Å². The van der Waals surface area contributed by atoms with E-state index in [-0.39, 0.29) is 13.1 Å². The van der Waals surface area contributed by atoms with Gasteiger partial charge in [0.1, 0.15) is 5.82 Å². The first kappa shape index (κ1) is 21.0. The highest BCUT2D eigenvalue weighted by Crippen LogP contribution is 2.31. The van der Waals surface area contributed by atoms with E-state index in [1.54, 1.807) is 6.20 Å². The Hall–Kier alpha value is -3.82. The molecule has 7 nitrogen and oxygen atoms in total. The van der Waals surface area contributed by atoms with E-state index >= 15 is 0 Å². The summed E-state index contributed by atoms with van der Waals surface area (Å²) in [6, 6.07) is 13.9. The summed E-state index contributed by atoms with van der Waals surface area (Å²) in [5.41, 5.74) is 10.1. The van der Waals surface area contributed by atoms with Gasteiger partial charge in [0.15, 0.2) is 5.82 Å². The van der Waals surface area contributed by atoms with Gasteiger partial charge in [-0.15, -0.1) is 10.2 Å². The smallest absolute Gasteiger partial charge is 0.383 e. The largest absolute Gasteiger partial charge is 0.451 e. The number of aromatic nitrogens is 4. The van der Waals surface area contributed by atoms with Crippen molar-refractivity contribution in [3.8, 4) is 0 Å². The van der Waals surface area contributed by atoms with Crippen molar-refractivity contribution in [3.05, 3.63) is 71.4 Å². The summed E-state index contributed by atoms with van der Waals surface area (Å²) < 4.78 is 40.4. The second-order valence-electron chi connectivity index (χ2n) is 8.07. The normalized spacial score (nSPS) is 13.9. The third-order valence-corrected chi connectivity index (χ3v) is 6.00. The van der Waals surface area contributed by atoms with E-state index < -0.39 is 12.0 Å². The van der Waals surface area contributed by atoms with Crippen LogP contribution in [0.1, 0.15) is 22.8 Å². The first-order valence-corrected chi connectivity index (χ1v) is 10.5. The Labute approximate surface area is 188 Å². The zero-order valence-electron chi connectivity index (χ0n) is 17.9. The third-order valence-electron chi connectivity index (χ3n) is 6.00. The minimum atomic E-state index is -4.50. The molecule has 4 aromatic rings. The molecule has 10 heteroatoms. The van der Waals surface area contributed by atoms with Crippen LogP contribution in [0.5, 0.6) is 0 Å². The van der Waals surface area contributed by atoms with Crippen molar-refractivity contribution < 1.29 is 13.2 Å². The molecule has 0 aliphatic carbocycles. The number of rotatable bonds is 4. The van der Waals surface area contributed by atoms with Gasteiger partial charge in [0.25, 0.3) is 0 Å². The number of nitrogens with two attached hydrogens (primary N) is 1. The Morgan fingerprint density at radius 2 is 1.91 bits per heavy atom. The lowest BCUT2D eigenvalue weighted by atomic mass is 10.1. The number of halogens is 3. The van der Waals surface area contributed by atoms with Gasteiger partial charge in [0.05, 0.1) is 6.54 Å². The SMILES string of the molecule is Cc1cc(N2CCn3c(nnc3C(F)(F)F)C2)ccc1CNc1cccc2c(N)nccc12. The molecule has 0 saturated carbocycles. The van der Waals surface area contributed by atoms with E-state index in [1.165, 1.54) is 0 Å². The van der Waals surface area contributed by atoms with Crippen LogP contribution < -0.4 is 16.0 Å². The number of pyridine rings is 1. The maximum absolute atomic E-state index is 13.1. The van der Waals surface area contributed by atoms with Crippen LogP contribution in [0.15, 0.2) is 48.7 Å². The molecule has 2 aromatic carbocycles. The van der Waals surface area contributed by atoms with Crippen LogP contribution in [0.4, 0.5) is 30.4 Å². The lowest BCUT2D eigenvalue weighted by molar-refractivity contribution is -0.147. The third kappa shape index (κ3) is 3.92. The first-order valence-electron chi connectivity index (χ1n) is 10.5. The van der Waals surface area contributed by atoms with Crippen molar-refractivity contribution in [2.24, 2.45) is 0 Å². The van der Waals surface area contributed by atoms with Crippen molar-refractivity contribution >= 4 is 28.0 Å². The molecule has 33 heavy (non-hydrogen) atoms. The van der Waals surface area contributed by atoms with Crippen LogP contribution in [0.3, 0.4) is 0 Å². The van der Waals surface area contributed by atoms with E-state index in [9.17, 15) is 13.2 Å². The van der Waals surface area contributed by atoms with Crippen molar-refractivity contribution in [1.82, 2.24) is 19.7 Å². The predicted molar refractivity (Wildman–Crippen MR) is 121 cm³/mol. The molecule has 1 aliphatic rings. The molecule has 5 rings (SSSR count). The topological polar surface area (TPSA) is 84.9 Å². The summed E-state index contributed by atoms with van der Waals surface area (Å²) in [6.45, 7) is 3.58. The molecule has 3 N–H and O–H groups in total. The Balaban J connectivity index is 1.32. The fourth-order valence-corrected chi connectivity index (χ4v) is 4.24. The summed E-state index contributed by atoms with van der Waals surface area (Å²) in [5, 5.41) is 12.5. The maximum Gasteiger partial charge on any atom is 0.451 e. The molecule has 0 spiro atoms. The monoisotopic (exact) mass is 453 g/mol. The Morgan fingerprint density at radius 3 is 2.70 bits per heavy atom. The second kappa shape index (κ2) is 7.95. The van der Waals surface area contributed by atoms with Crippen LogP contribution in [0.25, 0.3) is 10.8 Å². The van der Waals surface area contributed by atoms with Gasteiger partial charge in [-0.25, -0.2) is 4.98 Å². The molecule has 0 radical (unpaired) electrons. The molecular weight excluding hydrogens is 431 g/mol. The van der Waals surface area contributed by atoms with E-state index in [0.29, 0.717) is 24.7 Å². The first-order chi connectivity index (χ1) is 15.8. The highest BCUT2D eigenvalue weighted by molar-refractivity contribution is 5.99. The molecule has 0 bridgehead atoms. The van der Waals surface area contributed by atoms with Gasteiger partial charge in [-0.1, -0.05) is 18.2 Å². The molecule has 0 fully saturated rings. The molecule has 170 valence electrons.